The van der Waals surface area contributed by atoms with E-state index in [1.54, 1.807) is 6.08 Å². The Balaban J connectivity index is 2.19. The van der Waals surface area contributed by atoms with Crippen LogP contribution in [-0.4, -0.2) is 11.6 Å². The average molecular weight is 286 g/mol. The van der Waals surface area contributed by atoms with Crippen LogP contribution in [0.1, 0.15) is 59.3 Å². The molecule has 0 aromatic rings. The Kier molecular flexibility index (Phi) is 3.10. The molecule has 3 atom stereocenters. The number of ketones is 2. The fourth-order valence-electron chi connectivity index (χ4n) is 5.36. The van der Waals surface area contributed by atoms with Crippen LogP contribution in [0.15, 0.2) is 24.3 Å². The van der Waals surface area contributed by atoms with Crippen LogP contribution in [0, 0.1) is 22.2 Å². The molecule has 0 amide bonds. The minimum atomic E-state index is -0.468. The number of hydrogen-bond donors (Lipinski definition) is 0. The standard InChI is InChI=1S/C19H26O2/c1-5-19-10-6-13(20)12-15(19)18(4)14(7-11-19)17(2,3)9-8-16(18)21/h5,12,14H,1,6-11H2,2-4H3/t14-,18-,19-/m1/s1. The number of carbonyl (C=O) groups is 2. The van der Waals surface area contributed by atoms with E-state index in [0.29, 0.717) is 24.5 Å². The van der Waals surface area contributed by atoms with Crippen LogP contribution in [0.25, 0.3) is 0 Å². The third kappa shape index (κ3) is 1.84. The molecular weight excluding hydrogens is 260 g/mol. The molecule has 0 spiro atoms. The molecule has 3 aliphatic rings. The van der Waals surface area contributed by atoms with E-state index < -0.39 is 5.41 Å². The number of rotatable bonds is 1. The monoisotopic (exact) mass is 286 g/mol. The fourth-order valence-corrected chi connectivity index (χ4v) is 5.36. The SMILES string of the molecule is C=C[C@]12CCC(=O)C=C1[C@]1(C)C(=O)CCC(C)(C)[C@H]1CC2. The lowest BCUT2D eigenvalue weighted by atomic mass is 9.43. The lowest BCUT2D eigenvalue weighted by Crippen LogP contribution is -2.56. The summed E-state index contributed by atoms with van der Waals surface area (Å²) in [6.07, 6.45) is 8.94. The highest BCUT2D eigenvalue weighted by atomic mass is 16.1. The lowest BCUT2D eigenvalue weighted by molar-refractivity contribution is -0.141. The topological polar surface area (TPSA) is 34.1 Å². The number of allylic oxidation sites excluding steroid dienone is 3. The van der Waals surface area contributed by atoms with Gasteiger partial charge < -0.3 is 0 Å². The van der Waals surface area contributed by atoms with E-state index in [-0.39, 0.29) is 16.6 Å². The zero-order valence-corrected chi connectivity index (χ0v) is 13.5. The highest BCUT2D eigenvalue weighted by Crippen LogP contribution is 2.64. The minimum Gasteiger partial charge on any atom is -0.299 e. The van der Waals surface area contributed by atoms with E-state index >= 15 is 0 Å². The van der Waals surface area contributed by atoms with Crippen molar-refractivity contribution in [2.45, 2.75) is 59.3 Å². The third-order valence-corrected chi connectivity index (χ3v) is 6.70. The smallest absolute Gasteiger partial charge is 0.155 e. The van der Waals surface area contributed by atoms with Gasteiger partial charge in [-0.15, -0.1) is 6.58 Å². The van der Waals surface area contributed by atoms with Crippen LogP contribution in [0.5, 0.6) is 0 Å². The molecule has 3 aliphatic carbocycles. The number of carbonyl (C=O) groups excluding carboxylic acids is 2. The maximum absolute atomic E-state index is 12.9. The van der Waals surface area contributed by atoms with Crippen LogP contribution in [0.2, 0.25) is 0 Å². The summed E-state index contributed by atoms with van der Waals surface area (Å²) in [4.78, 5) is 24.9. The molecule has 0 aliphatic heterocycles. The van der Waals surface area contributed by atoms with Crippen LogP contribution in [-0.2, 0) is 9.59 Å². The zero-order chi connectivity index (χ0) is 15.5. The number of fused-ring (bicyclic) bond motifs is 3. The van der Waals surface area contributed by atoms with Crippen molar-refractivity contribution in [2.24, 2.45) is 22.2 Å². The molecule has 2 nitrogen and oxygen atoms in total. The van der Waals surface area contributed by atoms with Crippen molar-refractivity contribution in [2.75, 3.05) is 0 Å². The average Bonchev–Trinajstić information content (AvgIpc) is 2.44. The van der Waals surface area contributed by atoms with Crippen LogP contribution in [0.4, 0.5) is 0 Å². The van der Waals surface area contributed by atoms with Gasteiger partial charge in [0.2, 0.25) is 0 Å². The molecule has 114 valence electrons. The molecule has 3 rings (SSSR count). The van der Waals surface area contributed by atoms with Crippen molar-refractivity contribution in [1.82, 2.24) is 0 Å². The summed E-state index contributed by atoms with van der Waals surface area (Å²) < 4.78 is 0. The van der Waals surface area contributed by atoms with E-state index in [0.717, 1.165) is 31.3 Å². The normalized spacial score (nSPS) is 41.9. The minimum absolute atomic E-state index is 0.123. The summed E-state index contributed by atoms with van der Waals surface area (Å²) in [5, 5.41) is 0. The molecule has 0 bridgehead atoms. The molecule has 21 heavy (non-hydrogen) atoms. The van der Waals surface area contributed by atoms with Crippen molar-refractivity contribution in [1.29, 1.82) is 0 Å². The molecule has 0 N–H and O–H groups in total. The highest BCUT2D eigenvalue weighted by molar-refractivity contribution is 5.96. The molecule has 2 fully saturated rings. The van der Waals surface area contributed by atoms with Crippen molar-refractivity contribution in [3.05, 3.63) is 24.3 Å². The molecule has 0 saturated heterocycles. The van der Waals surface area contributed by atoms with Gasteiger partial charge in [0.15, 0.2) is 5.78 Å². The van der Waals surface area contributed by atoms with Crippen molar-refractivity contribution in [3.63, 3.8) is 0 Å². The summed E-state index contributed by atoms with van der Waals surface area (Å²) in [5.74, 6) is 0.857. The first-order chi connectivity index (χ1) is 9.76. The molecule has 0 radical (unpaired) electrons. The Hall–Kier alpha value is -1.18. The molecule has 2 saturated carbocycles. The lowest BCUT2D eigenvalue weighted by Gasteiger charge is -2.59. The number of Topliss-reactive ketones (excluding diaryl/α,β-unsaturated/α-hetero) is 1. The molecular formula is C19H26O2. The number of hydrogen-bond acceptors (Lipinski definition) is 2. The summed E-state index contributed by atoms with van der Waals surface area (Å²) in [6, 6.07) is 0. The molecule has 0 heterocycles. The second-order valence-electron chi connectivity index (χ2n) is 8.09. The summed E-state index contributed by atoms with van der Waals surface area (Å²) in [5.41, 5.74) is 0.652. The van der Waals surface area contributed by atoms with Gasteiger partial charge in [0.05, 0.1) is 5.41 Å². The van der Waals surface area contributed by atoms with Gasteiger partial charge in [-0.25, -0.2) is 0 Å². The van der Waals surface area contributed by atoms with E-state index in [1.807, 2.05) is 6.08 Å². The van der Waals surface area contributed by atoms with Crippen LogP contribution < -0.4 is 0 Å². The Morgan fingerprint density at radius 1 is 1.14 bits per heavy atom. The summed E-state index contributed by atoms with van der Waals surface area (Å²) in [7, 11) is 0. The molecule has 0 aromatic heterocycles. The van der Waals surface area contributed by atoms with Gasteiger partial charge in [-0.2, -0.15) is 0 Å². The molecule has 0 aromatic carbocycles. The van der Waals surface area contributed by atoms with Gasteiger partial charge in [0.25, 0.3) is 0 Å². The first kappa shape index (κ1) is 14.7. The second-order valence-corrected chi connectivity index (χ2v) is 8.09. The first-order valence-electron chi connectivity index (χ1n) is 8.19. The Labute approximate surface area is 127 Å². The largest absolute Gasteiger partial charge is 0.299 e. The van der Waals surface area contributed by atoms with Gasteiger partial charge in [0, 0.05) is 18.3 Å². The van der Waals surface area contributed by atoms with Gasteiger partial charge >= 0.3 is 0 Å². The van der Waals surface area contributed by atoms with Crippen LogP contribution in [0.3, 0.4) is 0 Å². The van der Waals surface area contributed by atoms with E-state index in [4.69, 9.17) is 0 Å². The van der Waals surface area contributed by atoms with Crippen molar-refractivity contribution >= 4 is 11.6 Å². The van der Waals surface area contributed by atoms with Crippen molar-refractivity contribution < 1.29 is 9.59 Å². The quantitative estimate of drug-likeness (QED) is 0.675. The third-order valence-electron chi connectivity index (χ3n) is 6.70. The van der Waals surface area contributed by atoms with Gasteiger partial charge in [-0.1, -0.05) is 19.9 Å². The summed E-state index contributed by atoms with van der Waals surface area (Å²) in [6.45, 7) is 10.7. The van der Waals surface area contributed by atoms with E-state index in [2.05, 4.69) is 27.4 Å². The highest BCUT2D eigenvalue weighted by Gasteiger charge is 2.60. The van der Waals surface area contributed by atoms with Gasteiger partial charge in [-0.3, -0.25) is 9.59 Å². The summed E-state index contributed by atoms with van der Waals surface area (Å²) >= 11 is 0. The van der Waals surface area contributed by atoms with E-state index in [9.17, 15) is 9.59 Å². The first-order valence-corrected chi connectivity index (χ1v) is 8.19. The Morgan fingerprint density at radius 3 is 2.52 bits per heavy atom. The Bertz CT molecular complexity index is 554. The predicted octanol–water partition coefficient (Wildman–Crippen LogP) is 4.25. The predicted molar refractivity (Wildman–Crippen MR) is 83.8 cm³/mol. The molecule has 0 unspecified atom stereocenters. The zero-order valence-electron chi connectivity index (χ0n) is 13.5. The van der Waals surface area contributed by atoms with Crippen LogP contribution >= 0.6 is 0 Å². The molecule has 2 heteroatoms. The van der Waals surface area contributed by atoms with Gasteiger partial charge in [-0.05, 0) is 55.6 Å². The Morgan fingerprint density at radius 2 is 1.86 bits per heavy atom. The fraction of sp³-hybridized carbons (Fsp3) is 0.684. The van der Waals surface area contributed by atoms with Crippen molar-refractivity contribution in [3.8, 4) is 0 Å². The van der Waals surface area contributed by atoms with E-state index in [1.165, 1.54) is 0 Å². The maximum atomic E-state index is 12.9. The van der Waals surface area contributed by atoms with Gasteiger partial charge in [0.1, 0.15) is 5.78 Å². The maximum Gasteiger partial charge on any atom is 0.155 e. The second kappa shape index (κ2) is 4.41.